The van der Waals surface area contributed by atoms with Crippen LogP contribution in [0.2, 0.25) is 5.15 Å². The highest BCUT2D eigenvalue weighted by Gasteiger charge is 2.18. The molecule has 0 saturated heterocycles. The maximum atomic E-state index is 11.0. The van der Waals surface area contributed by atoms with Crippen LogP contribution in [0.3, 0.4) is 0 Å². The zero-order chi connectivity index (χ0) is 12.8. The molecule has 0 radical (unpaired) electrons. The topological polar surface area (TPSA) is 75.1 Å². The Morgan fingerprint density at radius 1 is 1.47 bits per heavy atom. The molecule has 1 aromatic rings. The Morgan fingerprint density at radius 2 is 2.18 bits per heavy atom. The molecule has 0 aliphatic rings. The van der Waals surface area contributed by atoms with E-state index in [1.807, 2.05) is 13.8 Å². The molecule has 1 atom stereocenters. The SMILES string of the molecule is CC(C)CC(CNc1ccc(Cl)nn1)C(=O)O. The fourth-order valence-corrected chi connectivity index (χ4v) is 1.58. The van der Waals surface area contributed by atoms with E-state index in [-0.39, 0.29) is 0 Å². The molecule has 5 nitrogen and oxygen atoms in total. The zero-order valence-electron chi connectivity index (χ0n) is 9.85. The van der Waals surface area contributed by atoms with Gasteiger partial charge in [0, 0.05) is 6.54 Å². The average molecular weight is 258 g/mol. The minimum Gasteiger partial charge on any atom is -0.481 e. The van der Waals surface area contributed by atoms with Crippen molar-refractivity contribution >= 4 is 23.4 Å². The van der Waals surface area contributed by atoms with E-state index in [4.69, 9.17) is 16.7 Å². The standard InChI is InChI=1S/C11H16ClN3O2/c1-7(2)5-8(11(16)17)6-13-10-4-3-9(12)14-15-10/h3-4,7-8H,5-6H2,1-2H3,(H,13,15)(H,16,17). The monoisotopic (exact) mass is 257 g/mol. The lowest BCUT2D eigenvalue weighted by molar-refractivity contribution is -0.141. The molecular weight excluding hydrogens is 242 g/mol. The average Bonchev–Trinajstić information content (AvgIpc) is 2.25. The third-order valence-electron chi connectivity index (χ3n) is 2.27. The first kappa shape index (κ1) is 13.7. The lowest BCUT2D eigenvalue weighted by Crippen LogP contribution is -2.24. The van der Waals surface area contributed by atoms with Crippen molar-refractivity contribution in [2.24, 2.45) is 11.8 Å². The van der Waals surface area contributed by atoms with E-state index in [1.165, 1.54) is 0 Å². The first-order valence-corrected chi connectivity index (χ1v) is 5.82. The molecule has 94 valence electrons. The van der Waals surface area contributed by atoms with Crippen LogP contribution in [0.4, 0.5) is 5.82 Å². The van der Waals surface area contributed by atoms with Crippen LogP contribution in [-0.4, -0.2) is 27.8 Å². The van der Waals surface area contributed by atoms with Crippen molar-refractivity contribution in [2.45, 2.75) is 20.3 Å². The normalized spacial score (nSPS) is 12.5. The summed E-state index contributed by atoms with van der Waals surface area (Å²) in [7, 11) is 0. The van der Waals surface area contributed by atoms with Gasteiger partial charge in [0.2, 0.25) is 0 Å². The van der Waals surface area contributed by atoms with Crippen LogP contribution in [0, 0.1) is 11.8 Å². The molecule has 1 heterocycles. The Bertz CT molecular complexity index is 367. The third-order valence-corrected chi connectivity index (χ3v) is 2.47. The van der Waals surface area contributed by atoms with Gasteiger partial charge in [-0.25, -0.2) is 0 Å². The van der Waals surface area contributed by atoms with E-state index < -0.39 is 11.9 Å². The zero-order valence-corrected chi connectivity index (χ0v) is 10.6. The summed E-state index contributed by atoms with van der Waals surface area (Å²) in [5, 5.41) is 19.8. The van der Waals surface area contributed by atoms with Gasteiger partial charge in [0.1, 0.15) is 5.82 Å². The molecular formula is C11H16ClN3O2. The minimum absolute atomic E-state index is 0.313. The van der Waals surface area contributed by atoms with Gasteiger partial charge in [0.25, 0.3) is 0 Å². The predicted molar refractivity (Wildman–Crippen MR) is 66.1 cm³/mol. The molecule has 0 spiro atoms. The lowest BCUT2D eigenvalue weighted by Gasteiger charge is -2.15. The first-order chi connectivity index (χ1) is 7.99. The fourth-order valence-electron chi connectivity index (χ4n) is 1.48. The summed E-state index contributed by atoms with van der Waals surface area (Å²) in [6.45, 7) is 4.33. The summed E-state index contributed by atoms with van der Waals surface area (Å²) in [5.41, 5.74) is 0. The summed E-state index contributed by atoms with van der Waals surface area (Å²) in [6, 6.07) is 3.28. The molecule has 1 rings (SSSR count). The Hall–Kier alpha value is -1.36. The van der Waals surface area contributed by atoms with E-state index in [2.05, 4.69) is 15.5 Å². The number of nitrogens with zero attached hydrogens (tertiary/aromatic N) is 2. The number of hydrogen-bond acceptors (Lipinski definition) is 4. The van der Waals surface area contributed by atoms with Gasteiger partial charge in [-0.3, -0.25) is 4.79 Å². The molecule has 0 amide bonds. The summed E-state index contributed by atoms with van der Waals surface area (Å²) in [4.78, 5) is 11.0. The van der Waals surface area contributed by atoms with Gasteiger partial charge in [0.15, 0.2) is 5.15 Å². The molecule has 0 saturated carbocycles. The number of carboxylic acids is 1. The van der Waals surface area contributed by atoms with E-state index in [0.717, 1.165) is 0 Å². The fraction of sp³-hybridized carbons (Fsp3) is 0.545. The van der Waals surface area contributed by atoms with E-state index in [0.29, 0.717) is 29.9 Å². The first-order valence-electron chi connectivity index (χ1n) is 5.45. The Kier molecular flexibility index (Phi) is 5.15. The largest absolute Gasteiger partial charge is 0.481 e. The Labute approximate surface area is 105 Å². The molecule has 6 heteroatoms. The second-order valence-electron chi connectivity index (χ2n) is 4.29. The summed E-state index contributed by atoms with van der Waals surface area (Å²) >= 11 is 5.60. The number of hydrogen-bond donors (Lipinski definition) is 2. The second-order valence-corrected chi connectivity index (χ2v) is 4.67. The van der Waals surface area contributed by atoms with Crippen LogP contribution < -0.4 is 5.32 Å². The Morgan fingerprint density at radius 3 is 2.65 bits per heavy atom. The van der Waals surface area contributed by atoms with Gasteiger partial charge in [-0.2, -0.15) is 0 Å². The summed E-state index contributed by atoms with van der Waals surface area (Å²) < 4.78 is 0. The van der Waals surface area contributed by atoms with Crippen molar-refractivity contribution in [1.82, 2.24) is 10.2 Å². The van der Waals surface area contributed by atoms with Crippen molar-refractivity contribution in [3.8, 4) is 0 Å². The number of carboxylic acid groups (broad SMARTS) is 1. The van der Waals surface area contributed by atoms with Crippen molar-refractivity contribution in [1.29, 1.82) is 0 Å². The van der Waals surface area contributed by atoms with Crippen LogP contribution in [0.1, 0.15) is 20.3 Å². The summed E-state index contributed by atoms with van der Waals surface area (Å²) in [6.07, 6.45) is 0.628. The van der Waals surface area contributed by atoms with Gasteiger partial charge >= 0.3 is 5.97 Å². The molecule has 0 aliphatic carbocycles. The molecule has 0 aliphatic heterocycles. The quantitative estimate of drug-likeness (QED) is 0.818. The van der Waals surface area contributed by atoms with Gasteiger partial charge in [-0.1, -0.05) is 25.4 Å². The minimum atomic E-state index is -0.798. The highest BCUT2D eigenvalue weighted by molar-refractivity contribution is 6.29. The highest BCUT2D eigenvalue weighted by Crippen LogP contribution is 2.13. The van der Waals surface area contributed by atoms with Crippen LogP contribution in [0.15, 0.2) is 12.1 Å². The van der Waals surface area contributed by atoms with Crippen molar-refractivity contribution in [3.63, 3.8) is 0 Å². The van der Waals surface area contributed by atoms with Crippen molar-refractivity contribution in [2.75, 3.05) is 11.9 Å². The van der Waals surface area contributed by atoms with Gasteiger partial charge < -0.3 is 10.4 Å². The van der Waals surface area contributed by atoms with Gasteiger partial charge in [-0.05, 0) is 24.5 Å². The highest BCUT2D eigenvalue weighted by atomic mass is 35.5. The van der Waals surface area contributed by atoms with Gasteiger partial charge in [-0.15, -0.1) is 10.2 Å². The number of carbonyl (C=O) groups is 1. The van der Waals surface area contributed by atoms with E-state index >= 15 is 0 Å². The second kappa shape index (κ2) is 6.39. The van der Waals surface area contributed by atoms with E-state index in [1.54, 1.807) is 12.1 Å². The van der Waals surface area contributed by atoms with Crippen LogP contribution >= 0.6 is 11.6 Å². The Balaban J connectivity index is 2.51. The molecule has 1 aromatic heterocycles. The van der Waals surface area contributed by atoms with Crippen LogP contribution in [0.5, 0.6) is 0 Å². The van der Waals surface area contributed by atoms with Gasteiger partial charge in [0.05, 0.1) is 5.92 Å². The number of anilines is 1. The lowest BCUT2D eigenvalue weighted by atomic mass is 9.97. The number of rotatable bonds is 6. The molecule has 1 unspecified atom stereocenters. The van der Waals surface area contributed by atoms with Crippen molar-refractivity contribution < 1.29 is 9.90 Å². The predicted octanol–water partition coefficient (Wildman–Crippen LogP) is 2.29. The van der Waals surface area contributed by atoms with Crippen LogP contribution in [0.25, 0.3) is 0 Å². The van der Waals surface area contributed by atoms with Crippen molar-refractivity contribution in [3.05, 3.63) is 17.3 Å². The third kappa shape index (κ3) is 4.99. The molecule has 0 aromatic carbocycles. The molecule has 0 fully saturated rings. The van der Waals surface area contributed by atoms with Crippen LogP contribution in [-0.2, 0) is 4.79 Å². The number of aliphatic carboxylic acids is 1. The molecule has 2 N–H and O–H groups in total. The number of halogens is 1. The molecule has 17 heavy (non-hydrogen) atoms. The van der Waals surface area contributed by atoms with E-state index in [9.17, 15) is 4.79 Å². The maximum absolute atomic E-state index is 11.0. The maximum Gasteiger partial charge on any atom is 0.308 e. The number of aromatic nitrogens is 2. The molecule has 0 bridgehead atoms. The smallest absolute Gasteiger partial charge is 0.308 e. The summed E-state index contributed by atoms with van der Waals surface area (Å²) in [5.74, 6) is -0.348. The number of nitrogens with one attached hydrogen (secondary N) is 1.